The Morgan fingerprint density at radius 3 is 2.68 bits per heavy atom. The van der Waals surface area contributed by atoms with Gasteiger partial charge in [-0.25, -0.2) is 0 Å². The minimum atomic E-state index is 0.335. The first-order valence-electron chi connectivity index (χ1n) is 7.33. The molecule has 2 aromatic carbocycles. The van der Waals surface area contributed by atoms with Crippen LogP contribution in [0, 0.1) is 5.41 Å². The number of benzene rings is 2. The topological polar surface area (TPSA) is 53.7 Å². The van der Waals surface area contributed by atoms with Gasteiger partial charge in [0.2, 0.25) is 5.95 Å². The average Bonchev–Trinajstić information content (AvgIpc) is 2.55. The summed E-state index contributed by atoms with van der Waals surface area (Å²) in [6, 6.07) is 18.4. The summed E-state index contributed by atoms with van der Waals surface area (Å²) >= 11 is 0. The monoisotopic (exact) mass is 288 g/mol. The number of para-hydroxylation sites is 1. The molecule has 0 spiro atoms. The molecule has 2 heterocycles. The second kappa shape index (κ2) is 5.15. The Balaban J connectivity index is 1.71. The molecule has 0 atom stereocenters. The third-order valence-corrected chi connectivity index (χ3v) is 3.95. The molecule has 1 aromatic heterocycles. The largest absolute Gasteiger partial charge is 0.325 e. The van der Waals surface area contributed by atoms with Gasteiger partial charge in [-0.05, 0) is 17.2 Å². The Kier molecular flexibility index (Phi) is 3.00. The Bertz CT molecular complexity index is 881. The maximum Gasteiger partial charge on any atom is 0.209 e. The molecule has 0 aliphatic carbocycles. The summed E-state index contributed by atoms with van der Waals surface area (Å²) in [5, 5.41) is 11.5. The molecule has 2 N–H and O–H groups in total. The van der Waals surface area contributed by atoms with E-state index in [0.717, 1.165) is 30.2 Å². The third-order valence-electron chi connectivity index (χ3n) is 3.95. The number of aromatic nitrogens is 2. The molecule has 0 bridgehead atoms. The molecule has 4 nitrogen and oxygen atoms in total. The summed E-state index contributed by atoms with van der Waals surface area (Å²) in [5.74, 6) is 0.737. The van der Waals surface area contributed by atoms with E-state index < -0.39 is 0 Å². The van der Waals surface area contributed by atoms with Crippen LogP contribution in [0.25, 0.3) is 0 Å². The van der Waals surface area contributed by atoms with Gasteiger partial charge in [-0.2, -0.15) is 4.98 Å². The van der Waals surface area contributed by atoms with E-state index in [2.05, 4.69) is 33.1 Å². The molecule has 0 unspecified atom stereocenters. The van der Waals surface area contributed by atoms with Crippen LogP contribution < -0.4 is 10.8 Å². The van der Waals surface area contributed by atoms with Crippen molar-refractivity contribution in [3.8, 4) is 0 Å². The Hall–Kier alpha value is -2.88. The second-order valence-corrected chi connectivity index (χ2v) is 5.51. The van der Waals surface area contributed by atoms with Crippen LogP contribution in [0.5, 0.6) is 0 Å². The van der Waals surface area contributed by atoms with Gasteiger partial charge in [0.1, 0.15) is 0 Å². The van der Waals surface area contributed by atoms with Gasteiger partial charge in [-0.15, -0.1) is 0 Å². The second-order valence-electron chi connectivity index (χ2n) is 5.51. The highest BCUT2D eigenvalue weighted by molar-refractivity contribution is 5.61. The molecule has 4 rings (SSSR count). The molecule has 1 aliphatic heterocycles. The fourth-order valence-electron chi connectivity index (χ4n) is 2.80. The van der Waals surface area contributed by atoms with Crippen LogP contribution in [-0.2, 0) is 13.0 Å². The minimum Gasteiger partial charge on any atom is -0.325 e. The van der Waals surface area contributed by atoms with E-state index in [9.17, 15) is 0 Å². The first-order chi connectivity index (χ1) is 10.8. The highest BCUT2D eigenvalue weighted by Crippen LogP contribution is 2.25. The normalized spacial score (nSPS) is 12.2. The number of rotatable bonds is 2. The number of nitrogens with one attached hydrogen (secondary N) is 2. The standard InChI is InChI=1S/C18H16N4/c19-17-15(10-13-6-2-1-3-7-13)12-22-11-14-8-4-5-9-16(14)20-18(22)21-17/h1-9,12H,10-11H2,(H2,19,20,21). The van der Waals surface area contributed by atoms with E-state index in [1.54, 1.807) is 0 Å². The van der Waals surface area contributed by atoms with Crippen molar-refractivity contribution >= 4 is 11.6 Å². The lowest BCUT2D eigenvalue weighted by Crippen LogP contribution is -2.24. The summed E-state index contributed by atoms with van der Waals surface area (Å²) in [6.07, 6.45) is 2.77. The summed E-state index contributed by atoms with van der Waals surface area (Å²) in [5.41, 5.74) is 4.79. The zero-order valence-electron chi connectivity index (χ0n) is 12.1. The maximum atomic E-state index is 8.18. The van der Waals surface area contributed by atoms with Crippen molar-refractivity contribution in [2.45, 2.75) is 13.0 Å². The van der Waals surface area contributed by atoms with Gasteiger partial charge in [0, 0.05) is 23.9 Å². The molecule has 1 aliphatic rings. The summed E-state index contributed by atoms with van der Waals surface area (Å²) in [6.45, 7) is 0.785. The quantitative estimate of drug-likeness (QED) is 0.595. The van der Waals surface area contributed by atoms with Crippen molar-refractivity contribution in [1.82, 2.24) is 9.55 Å². The smallest absolute Gasteiger partial charge is 0.209 e. The first-order valence-corrected chi connectivity index (χ1v) is 7.33. The molecular weight excluding hydrogens is 272 g/mol. The molecule has 22 heavy (non-hydrogen) atoms. The zero-order chi connectivity index (χ0) is 14.9. The molecule has 0 radical (unpaired) electrons. The van der Waals surface area contributed by atoms with Gasteiger partial charge in [0.15, 0.2) is 5.49 Å². The number of hydrogen-bond acceptors (Lipinski definition) is 3. The van der Waals surface area contributed by atoms with Crippen molar-refractivity contribution < 1.29 is 0 Å². The maximum absolute atomic E-state index is 8.18. The molecule has 4 heteroatoms. The van der Waals surface area contributed by atoms with E-state index in [-0.39, 0.29) is 0 Å². The van der Waals surface area contributed by atoms with Gasteiger partial charge in [0.25, 0.3) is 0 Å². The summed E-state index contributed by atoms with van der Waals surface area (Å²) in [7, 11) is 0. The Morgan fingerprint density at radius 2 is 1.82 bits per heavy atom. The predicted octanol–water partition coefficient (Wildman–Crippen LogP) is 3.06. The van der Waals surface area contributed by atoms with Gasteiger partial charge in [0.05, 0.1) is 6.54 Å². The van der Waals surface area contributed by atoms with E-state index in [0.29, 0.717) is 5.49 Å². The molecule has 0 saturated carbocycles. The van der Waals surface area contributed by atoms with Crippen molar-refractivity contribution in [3.63, 3.8) is 0 Å². The van der Waals surface area contributed by atoms with Crippen LogP contribution in [0.1, 0.15) is 16.7 Å². The lowest BCUT2D eigenvalue weighted by atomic mass is 10.1. The Morgan fingerprint density at radius 1 is 1.05 bits per heavy atom. The van der Waals surface area contributed by atoms with Crippen molar-refractivity contribution in [2.75, 3.05) is 5.32 Å². The minimum absolute atomic E-state index is 0.335. The fourth-order valence-corrected chi connectivity index (χ4v) is 2.80. The molecule has 0 amide bonds. The predicted molar refractivity (Wildman–Crippen MR) is 86.2 cm³/mol. The lowest BCUT2D eigenvalue weighted by molar-refractivity contribution is 0.739. The van der Waals surface area contributed by atoms with Crippen molar-refractivity contribution in [3.05, 3.63) is 83.0 Å². The van der Waals surface area contributed by atoms with E-state index >= 15 is 0 Å². The Labute approximate surface area is 128 Å². The molecule has 3 aromatic rings. The first kappa shape index (κ1) is 12.8. The average molecular weight is 288 g/mol. The third kappa shape index (κ3) is 2.29. The van der Waals surface area contributed by atoms with Crippen LogP contribution in [-0.4, -0.2) is 9.55 Å². The van der Waals surface area contributed by atoms with Crippen LogP contribution in [0.4, 0.5) is 11.6 Å². The fraction of sp³-hybridized carbons (Fsp3) is 0.111. The molecule has 0 fully saturated rings. The van der Waals surface area contributed by atoms with Gasteiger partial charge >= 0.3 is 0 Å². The van der Waals surface area contributed by atoms with Crippen LogP contribution >= 0.6 is 0 Å². The van der Waals surface area contributed by atoms with Gasteiger partial charge < -0.3 is 9.88 Å². The van der Waals surface area contributed by atoms with Crippen LogP contribution in [0.2, 0.25) is 0 Å². The zero-order valence-corrected chi connectivity index (χ0v) is 12.1. The lowest BCUT2D eigenvalue weighted by Gasteiger charge is -2.23. The highest BCUT2D eigenvalue weighted by Gasteiger charge is 2.15. The highest BCUT2D eigenvalue weighted by atomic mass is 15.2. The van der Waals surface area contributed by atoms with E-state index in [4.69, 9.17) is 5.41 Å². The van der Waals surface area contributed by atoms with Gasteiger partial charge in [-0.3, -0.25) is 5.41 Å². The number of hydrogen-bond donors (Lipinski definition) is 2. The van der Waals surface area contributed by atoms with Crippen LogP contribution in [0.15, 0.2) is 60.8 Å². The number of fused-ring (bicyclic) bond motifs is 2. The summed E-state index contributed by atoms with van der Waals surface area (Å²) < 4.78 is 2.08. The SMILES string of the molecule is N=c1nc2n(cc1Cc1ccccc1)Cc1ccccc1N2. The van der Waals surface area contributed by atoms with Crippen molar-refractivity contribution in [1.29, 1.82) is 5.41 Å². The number of nitrogens with zero attached hydrogens (tertiary/aromatic N) is 2. The number of anilines is 2. The van der Waals surface area contributed by atoms with Crippen LogP contribution in [0.3, 0.4) is 0 Å². The molecule has 108 valence electrons. The molecular formula is C18H16N4. The van der Waals surface area contributed by atoms with E-state index in [1.165, 1.54) is 11.1 Å². The van der Waals surface area contributed by atoms with Gasteiger partial charge in [-0.1, -0.05) is 48.5 Å². The van der Waals surface area contributed by atoms with E-state index in [1.807, 2.05) is 42.6 Å². The van der Waals surface area contributed by atoms with Crippen molar-refractivity contribution in [2.24, 2.45) is 0 Å². The molecule has 0 saturated heterocycles. The summed E-state index contributed by atoms with van der Waals surface area (Å²) in [4.78, 5) is 4.43.